The summed E-state index contributed by atoms with van der Waals surface area (Å²) in [6.07, 6.45) is -10.1. The number of hydrogen-bond donors (Lipinski definition) is 1. The molecule has 34 heavy (non-hydrogen) atoms. The molecule has 1 N–H and O–H groups in total. The maximum atomic E-state index is 13.0. The Morgan fingerprint density at radius 1 is 0.765 bits per heavy atom. The Balaban J connectivity index is 1.54. The summed E-state index contributed by atoms with van der Waals surface area (Å²) in [4.78, 5) is 17.0. The van der Waals surface area contributed by atoms with Gasteiger partial charge in [0.2, 0.25) is 0 Å². The average molecular weight is 492 g/mol. The summed E-state index contributed by atoms with van der Waals surface area (Å²) in [6.45, 7) is 0. The van der Waals surface area contributed by atoms with Gasteiger partial charge in [-0.25, -0.2) is 4.98 Å². The summed E-state index contributed by atoms with van der Waals surface area (Å²) >= 11 is 1.45. The van der Waals surface area contributed by atoms with E-state index in [0.717, 1.165) is 16.1 Å². The summed E-state index contributed by atoms with van der Waals surface area (Å²) in [5.74, 6) is -1.09. The Hall–Kier alpha value is -3.66. The van der Waals surface area contributed by atoms with Crippen LogP contribution in [0.1, 0.15) is 21.5 Å². The van der Waals surface area contributed by atoms with E-state index in [-0.39, 0.29) is 11.8 Å². The Labute approximate surface area is 193 Å². The van der Waals surface area contributed by atoms with Gasteiger partial charge in [0, 0.05) is 27.8 Å². The smallest absolute Gasteiger partial charge is 0.322 e. The fourth-order valence-corrected chi connectivity index (χ4v) is 3.97. The molecule has 0 aliphatic rings. The third-order valence-corrected chi connectivity index (χ3v) is 5.70. The molecule has 3 aromatic carbocycles. The Morgan fingerprint density at radius 2 is 1.35 bits per heavy atom. The SMILES string of the molecule is O=C(Nc1ccc(-c2csc(-c3ccccc3)n2)cc1)c1cc(C(F)(F)F)cc(C(F)(F)F)c1. The monoisotopic (exact) mass is 492 g/mol. The lowest BCUT2D eigenvalue weighted by Crippen LogP contribution is -2.17. The highest BCUT2D eigenvalue weighted by Crippen LogP contribution is 2.36. The quantitative estimate of drug-likeness (QED) is 0.296. The third kappa shape index (κ3) is 5.28. The van der Waals surface area contributed by atoms with Crippen molar-refractivity contribution in [3.8, 4) is 21.8 Å². The van der Waals surface area contributed by atoms with Crippen LogP contribution >= 0.6 is 11.3 Å². The molecule has 0 radical (unpaired) electrons. The van der Waals surface area contributed by atoms with Gasteiger partial charge in [0.05, 0.1) is 16.8 Å². The molecule has 0 unspecified atom stereocenters. The van der Waals surface area contributed by atoms with E-state index < -0.39 is 35.0 Å². The van der Waals surface area contributed by atoms with Gasteiger partial charge < -0.3 is 5.32 Å². The number of carbonyl (C=O) groups excluding carboxylic acids is 1. The lowest BCUT2D eigenvalue weighted by molar-refractivity contribution is -0.143. The molecule has 10 heteroatoms. The van der Waals surface area contributed by atoms with Gasteiger partial charge in [0.25, 0.3) is 5.91 Å². The molecule has 0 atom stereocenters. The van der Waals surface area contributed by atoms with Crippen LogP contribution in [0, 0.1) is 0 Å². The number of nitrogens with one attached hydrogen (secondary N) is 1. The number of benzene rings is 3. The molecule has 174 valence electrons. The summed E-state index contributed by atoms with van der Waals surface area (Å²) in [5.41, 5.74) is -1.27. The molecule has 0 spiro atoms. The molecule has 0 saturated heterocycles. The van der Waals surface area contributed by atoms with Crippen molar-refractivity contribution in [2.24, 2.45) is 0 Å². The number of anilines is 1. The first-order chi connectivity index (χ1) is 16.0. The molecule has 1 aromatic heterocycles. The predicted molar refractivity (Wildman–Crippen MR) is 117 cm³/mol. The van der Waals surface area contributed by atoms with Crippen LogP contribution in [0.25, 0.3) is 21.8 Å². The first-order valence-electron chi connectivity index (χ1n) is 9.73. The van der Waals surface area contributed by atoms with E-state index in [4.69, 9.17) is 0 Å². The van der Waals surface area contributed by atoms with Crippen molar-refractivity contribution in [3.05, 3.63) is 94.9 Å². The number of nitrogens with zero attached hydrogens (tertiary/aromatic N) is 1. The second kappa shape index (κ2) is 8.94. The molecule has 3 nitrogen and oxygen atoms in total. The molecule has 4 rings (SSSR count). The van der Waals surface area contributed by atoms with Crippen LogP contribution in [-0.2, 0) is 12.4 Å². The number of hydrogen-bond acceptors (Lipinski definition) is 3. The maximum absolute atomic E-state index is 13.0. The largest absolute Gasteiger partial charge is 0.416 e. The molecule has 1 heterocycles. The van der Waals surface area contributed by atoms with Crippen LogP contribution in [0.15, 0.2) is 78.2 Å². The predicted octanol–water partition coefficient (Wildman–Crippen LogP) is 7.77. The first kappa shape index (κ1) is 23.5. The van der Waals surface area contributed by atoms with Gasteiger partial charge in [-0.05, 0) is 30.3 Å². The van der Waals surface area contributed by atoms with Crippen LogP contribution in [0.2, 0.25) is 0 Å². The van der Waals surface area contributed by atoms with Crippen LogP contribution in [-0.4, -0.2) is 10.9 Å². The minimum absolute atomic E-state index is 0.0247. The van der Waals surface area contributed by atoms with Crippen molar-refractivity contribution in [2.75, 3.05) is 5.32 Å². The summed E-state index contributed by atoms with van der Waals surface area (Å²) < 4.78 is 78.2. The highest BCUT2D eigenvalue weighted by molar-refractivity contribution is 7.13. The van der Waals surface area contributed by atoms with Gasteiger partial charge in [-0.15, -0.1) is 11.3 Å². The van der Waals surface area contributed by atoms with E-state index >= 15 is 0 Å². The minimum Gasteiger partial charge on any atom is -0.322 e. The zero-order chi connectivity index (χ0) is 24.5. The van der Waals surface area contributed by atoms with Crippen molar-refractivity contribution in [2.45, 2.75) is 12.4 Å². The van der Waals surface area contributed by atoms with Gasteiger partial charge in [-0.2, -0.15) is 26.3 Å². The number of carbonyl (C=O) groups is 1. The van der Waals surface area contributed by atoms with E-state index in [1.54, 1.807) is 12.1 Å². The van der Waals surface area contributed by atoms with Crippen molar-refractivity contribution in [1.29, 1.82) is 0 Å². The zero-order valence-corrected chi connectivity index (χ0v) is 17.9. The highest BCUT2D eigenvalue weighted by atomic mass is 32.1. The molecule has 0 aliphatic heterocycles. The van der Waals surface area contributed by atoms with Crippen molar-refractivity contribution in [1.82, 2.24) is 4.98 Å². The normalized spacial score (nSPS) is 11.9. The summed E-state index contributed by atoms with van der Waals surface area (Å²) in [6, 6.07) is 16.6. The Bertz CT molecular complexity index is 1280. The second-order valence-corrected chi connectivity index (χ2v) is 8.09. The molecule has 0 aliphatic carbocycles. The lowest BCUT2D eigenvalue weighted by atomic mass is 10.0. The molecular weight excluding hydrogens is 478 g/mol. The van der Waals surface area contributed by atoms with Gasteiger partial charge in [0.1, 0.15) is 5.01 Å². The fourth-order valence-electron chi connectivity index (χ4n) is 3.13. The molecular formula is C24H14F6N2OS. The topological polar surface area (TPSA) is 42.0 Å². The Morgan fingerprint density at radius 3 is 1.91 bits per heavy atom. The van der Waals surface area contributed by atoms with Gasteiger partial charge in [-0.1, -0.05) is 42.5 Å². The molecule has 0 saturated carbocycles. The van der Waals surface area contributed by atoms with Crippen LogP contribution in [0.5, 0.6) is 0 Å². The number of alkyl halides is 6. The minimum atomic E-state index is -5.04. The summed E-state index contributed by atoms with van der Waals surface area (Å²) in [7, 11) is 0. The van der Waals surface area contributed by atoms with Crippen LogP contribution < -0.4 is 5.32 Å². The highest BCUT2D eigenvalue weighted by Gasteiger charge is 2.37. The molecule has 4 aromatic rings. The van der Waals surface area contributed by atoms with Crippen LogP contribution in [0.4, 0.5) is 32.0 Å². The molecule has 0 fully saturated rings. The Kier molecular flexibility index (Phi) is 6.18. The van der Waals surface area contributed by atoms with Crippen molar-refractivity contribution >= 4 is 22.9 Å². The van der Waals surface area contributed by atoms with Crippen molar-refractivity contribution in [3.63, 3.8) is 0 Å². The fraction of sp³-hybridized carbons (Fsp3) is 0.0833. The van der Waals surface area contributed by atoms with E-state index in [1.165, 1.54) is 23.5 Å². The van der Waals surface area contributed by atoms with Gasteiger partial charge in [0.15, 0.2) is 0 Å². The first-order valence-corrected chi connectivity index (χ1v) is 10.6. The average Bonchev–Trinajstić information content (AvgIpc) is 3.29. The lowest BCUT2D eigenvalue weighted by Gasteiger charge is -2.14. The standard InChI is InChI=1S/C24H14F6N2OS/c25-23(26,27)17-10-16(11-18(12-17)24(28,29)30)21(33)31-19-8-6-14(7-9-19)20-13-34-22(32-20)15-4-2-1-3-5-15/h1-13H,(H,31,33). The van der Waals surface area contributed by atoms with E-state index in [0.29, 0.717) is 17.8 Å². The molecule has 1 amide bonds. The zero-order valence-electron chi connectivity index (χ0n) is 17.0. The number of aromatic nitrogens is 1. The molecule has 0 bridgehead atoms. The van der Waals surface area contributed by atoms with Gasteiger partial charge in [-0.3, -0.25) is 4.79 Å². The van der Waals surface area contributed by atoms with Crippen molar-refractivity contribution < 1.29 is 31.1 Å². The summed E-state index contributed by atoms with van der Waals surface area (Å²) in [5, 5.41) is 5.01. The third-order valence-electron chi connectivity index (χ3n) is 4.81. The van der Waals surface area contributed by atoms with Gasteiger partial charge >= 0.3 is 12.4 Å². The number of halogens is 6. The maximum Gasteiger partial charge on any atom is 0.416 e. The van der Waals surface area contributed by atoms with E-state index in [1.807, 2.05) is 35.7 Å². The number of amides is 1. The van der Waals surface area contributed by atoms with Crippen LogP contribution in [0.3, 0.4) is 0 Å². The van der Waals surface area contributed by atoms with E-state index in [9.17, 15) is 31.1 Å². The number of rotatable bonds is 4. The number of thiazole rings is 1. The second-order valence-electron chi connectivity index (χ2n) is 7.23. The van der Waals surface area contributed by atoms with E-state index in [2.05, 4.69) is 10.3 Å².